The van der Waals surface area contributed by atoms with E-state index < -0.39 is 15.6 Å². The fourth-order valence-corrected chi connectivity index (χ4v) is 8.05. The summed E-state index contributed by atoms with van der Waals surface area (Å²) in [6.07, 6.45) is 1.21. The van der Waals surface area contributed by atoms with E-state index in [1.165, 1.54) is 0 Å². The lowest BCUT2D eigenvalue weighted by Crippen LogP contribution is -2.60. The van der Waals surface area contributed by atoms with Crippen LogP contribution in [0.5, 0.6) is 0 Å². The Balaban J connectivity index is 1.63. The molecule has 1 aliphatic heterocycles. The van der Waals surface area contributed by atoms with Gasteiger partial charge in [-0.05, 0) is 60.2 Å². The zero-order valence-corrected chi connectivity index (χ0v) is 23.2. The van der Waals surface area contributed by atoms with Gasteiger partial charge in [0, 0.05) is 24.9 Å². The second kappa shape index (κ2) is 10.2. The lowest BCUT2D eigenvalue weighted by atomic mass is 9.58. The Bertz CT molecular complexity index is 1450. The molecule has 198 valence electrons. The van der Waals surface area contributed by atoms with E-state index in [4.69, 9.17) is 4.74 Å². The van der Waals surface area contributed by atoms with Crippen LogP contribution in [0.1, 0.15) is 55.1 Å². The number of aryl methyl sites for hydroxylation is 1. The van der Waals surface area contributed by atoms with Crippen LogP contribution in [-0.2, 0) is 20.4 Å². The van der Waals surface area contributed by atoms with Gasteiger partial charge in [0.15, 0.2) is 5.60 Å². The van der Waals surface area contributed by atoms with E-state index in [1.807, 2.05) is 67.6 Å². The van der Waals surface area contributed by atoms with E-state index in [9.17, 15) is 13.2 Å². The highest BCUT2D eigenvalue weighted by atomic mass is 32.2. The molecule has 2 aliphatic rings. The normalized spacial score (nSPS) is 23.6. The first kappa shape index (κ1) is 26.4. The molecule has 0 spiro atoms. The molecule has 0 bridgehead atoms. The minimum atomic E-state index is -3.71. The molecule has 0 unspecified atom stereocenters. The number of ether oxygens (including phenoxy) is 1. The quantitative estimate of drug-likeness (QED) is 0.259. The summed E-state index contributed by atoms with van der Waals surface area (Å²) in [4.78, 5) is 13.7. The van der Waals surface area contributed by atoms with Gasteiger partial charge in [0.05, 0.1) is 10.5 Å². The van der Waals surface area contributed by atoms with Crippen molar-refractivity contribution in [1.82, 2.24) is 4.31 Å². The first-order chi connectivity index (χ1) is 18.2. The van der Waals surface area contributed by atoms with Gasteiger partial charge in [0.25, 0.3) is 0 Å². The van der Waals surface area contributed by atoms with Crippen molar-refractivity contribution in [2.24, 2.45) is 11.8 Å². The first-order valence-electron chi connectivity index (χ1n) is 13.3. The van der Waals surface area contributed by atoms with Gasteiger partial charge in [-0.15, -0.1) is 0 Å². The van der Waals surface area contributed by atoms with Gasteiger partial charge in [0.2, 0.25) is 10.0 Å². The monoisotopic (exact) mass is 529 g/mol. The lowest BCUT2D eigenvalue weighted by Gasteiger charge is -2.57. The summed E-state index contributed by atoms with van der Waals surface area (Å²) in [5, 5.41) is 0. The second-order valence-corrected chi connectivity index (χ2v) is 12.6. The summed E-state index contributed by atoms with van der Waals surface area (Å²) in [6, 6.07) is 25.7. The van der Waals surface area contributed by atoms with Crippen LogP contribution in [0, 0.1) is 18.8 Å². The van der Waals surface area contributed by atoms with Crippen LogP contribution < -0.4 is 0 Å². The number of hydrogen-bond donors (Lipinski definition) is 0. The Kier molecular flexibility index (Phi) is 7.05. The first-order valence-corrected chi connectivity index (χ1v) is 14.8. The van der Waals surface area contributed by atoms with Crippen molar-refractivity contribution in [2.75, 3.05) is 6.54 Å². The minimum Gasteiger partial charge on any atom is -0.446 e. The standard InChI is InChI=1S/C32H35NO4S/c1-5-28-29-25(21-33(30(28)22(2)3)38(35,36)27-18-16-23(4)17-19-27)20-32(29,26-14-10-7-11-15-26)37-31(34)24-12-8-6-9-13-24/h6-19,22,25,30H,5,20-21H2,1-4H3/t25-,30-,32+/m0/s1. The highest BCUT2D eigenvalue weighted by Gasteiger charge is 2.59. The van der Waals surface area contributed by atoms with Crippen molar-refractivity contribution in [1.29, 1.82) is 0 Å². The van der Waals surface area contributed by atoms with Crippen LogP contribution in [-0.4, -0.2) is 31.3 Å². The van der Waals surface area contributed by atoms with E-state index in [-0.39, 0.29) is 23.8 Å². The van der Waals surface area contributed by atoms with Crippen molar-refractivity contribution >= 4 is 16.0 Å². The molecule has 6 heteroatoms. The third kappa shape index (κ3) is 4.40. The molecule has 1 saturated carbocycles. The summed E-state index contributed by atoms with van der Waals surface area (Å²) >= 11 is 0. The summed E-state index contributed by atoms with van der Waals surface area (Å²) in [7, 11) is -3.71. The maximum Gasteiger partial charge on any atom is 0.339 e. The minimum absolute atomic E-state index is 0.0241. The molecule has 3 aromatic carbocycles. The highest BCUT2D eigenvalue weighted by Crippen LogP contribution is 2.59. The van der Waals surface area contributed by atoms with Crippen LogP contribution in [0.2, 0.25) is 0 Å². The molecule has 1 fully saturated rings. The Morgan fingerprint density at radius 3 is 2.16 bits per heavy atom. The van der Waals surface area contributed by atoms with Crippen molar-refractivity contribution in [2.45, 2.75) is 57.1 Å². The number of nitrogens with zero attached hydrogens (tertiary/aromatic N) is 1. The maximum absolute atomic E-state index is 14.0. The number of fused-ring (bicyclic) bond motifs is 1. The van der Waals surface area contributed by atoms with E-state index in [0.717, 1.165) is 22.3 Å². The molecule has 0 saturated heterocycles. The van der Waals surface area contributed by atoms with Gasteiger partial charge in [-0.1, -0.05) is 87.0 Å². The molecule has 0 amide bonds. The number of rotatable bonds is 7. The van der Waals surface area contributed by atoms with E-state index in [1.54, 1.807) is 28.6 Å². The SMILES string of the molecule is CCC1=C2[C@H](CN(S(=O)(=O)c3ccc(C)cc3)[C@H]1C(C)C)C[C@@]2(OC(=O)c1ccccc1)c1ccccc1. The van der Waals surface area contributed by atoms with Gasteiger partial charge in [0.1, 0.15) is 0 Å². The number of sulfonamides is 1. The fraction of sp³-hybridized carbons (Fsp3) is 0.344. The highest BCUT2D eigenvalue weighted by molar-refractivity contribution is 7.89. The van der Waals surface area contributed by atoms with E-state index in [0.29, 0.717) is 29.8 Å². The van der Waals surface area contributed by atoms with Gasteiger partial charge in [-0.25, -0.2) is 13.2 Å². The van der Waals surface area contributed by atoms with Crippen LogP contribution in [0.4, 0.5) is 0 Å². The predicted octanol–water partition coefficient (Wildman–Crippen LogP) is 6.50. The number of esters is 1. The topological polar surface area (TPSA) is 63.7 Å². The van der Waals surface area contributed by atoms with Crippen molar-refractivity contribution in [3.8, 4) is 0 Å². The van der Waals surface area contributed by atoms with Crippen LogP contribution in [0.25, 0.3) is 0 Å². The molecular formula is C32H35NO4S. The number of carbonyl (C=O) groups is 1. The molecule has 38 heavy (non-hydrogen) atoms. The molecule has 3 aromatic rings. The molecular weight excluding hydrogens is 494 g/mol. The Morgan fingerprint density at radius 1 is 0.974 bits per heavy atom. The van der Waals surface area contributed by atoms with Gasteiger partial charge in [-0.3, -0.25) is 0 Å². The smallest absolute Gasteiger partial charge is 0.339 e. The van der Waals surface area contributed by atoms with Crippen LogP contribution in [0.3, 0.4) is 0 Å². The number of benzene rings is 3. The lowest BCUT2D eigenvalue weighted by molar-refractivity contribution is -0.0573. The summed E-state index contributed by atoms with van der Waals surface area (Å²) in [5.41, 5.74) is 3.68. The average Bonchev–Trinajstić information content (AvgIpc) is 2.91. The molecule has 0 aromatic heterocycles. The summed E-state index contributed by atoms with van der Waals surface area (Å²) < 4.78 is 36.1. The molecule has 5 nitrogen and oxygen atoms in total. The van der Waals surface area contributed by atoms with E-state index >= 15 is 0 Å². The molecule has 1 heterocycles. The summed E-state index contributed by atoms with van der Waals surface area (Å²) in [6.45, 7) is 8.53. The van der Waals surface area contributed by atoms with Crippen LogP contribution in [0.15, 0.2) is 101 Å². The predicted molar refractivity (Wildman–Crippen MR) is 149 cm³/mol. The third-order valence-electron chi connectivity index (χ3n) is 7.95. The number of carbonyl (C=O) groups excluding carboxylic acids is 1. The van der Waals surface area contributed by atoms with Gasteiger partial charge >= 0.3 is 5.97 Å². The third-order valence-corrected chi connectivity index (χ3v) is 9.81. The Labute approximate surface area is 226 Å². The Morgan fingerprint density at radius 2 is 1.58 bits per heavy atom. The van der Waals surface area contributed by atoms with Crippen molar-refractivity contribution in [3.05, 3.63) is 113 Å². The molecule has 1 aliphatic carbocycles. The van der Waals surface area contributed by atoms with Crippen molar-refractivity contribution < 1.29 is 17.9 Å². The van der Waals surface area contributed by atoms with Gasteiger partial charge in [-0.2, -0.15) is 4.31 Å². The van der Waals surface area contributed by atoms with Crippen LogP contribution >= 0.6 is 0 Å². The second-order valence-electron chi connectivity index (χ2n) is 10.7. The Hall–Kier alpha value is -3.22. The maximum atomic E-state index is 14.0. The van der Waals surface area contributed by atoms with E-state index in [2.05, 4.69) is 20.8 Å². The van der Waals surface area contributed by atoms with Gasteiger partial charge < -0.3 is 4.74 Å². The zero-order valence-electron chi connectivity index (χ0n) is 22.4. The largest absolute Gasteiger partial charge is 0.446 e. The number of hydrogen-bond acceptors (Lipinski definition) is 4. The fourth-order valence-electron chi connectivity index (χ4n) is 6.25. The molecule has 0 N–H and O–H groups in total. The summed E-state index contributed by atoms with van der Waals surface area (Å²) in [5.74, 6) is -0.354. The molecule has 3 atom stereocenters. The molecule has 0 radical (unpaired) electrons. The van der Waals surface area contributed by atoms with Crippen molar-refractivity contribution in [3.63, 3.8) is 0 Å². The zero-order chi connectivity index (χ0) is 27.1. The average molecular weight is 530 g/mol. The molecule has 5 rings (SSSR count).